The molecule has 0 saturated heterocycles. The predicted molar refractivity (Wildman–Crippen MR) is 241 cm³/mol. The minimum Gasteiger partial charge on any atom is -0.456 e. The molecule has 0 aliphatic carbocycles. The molecule has 0 bridgehead atoms. The number of nitrogens with zero attached hydrogens (tertiary/aromatic N) is 2. The Bertz CT molecular complexity index is 3020. The van der Waals surface area contributed by atoms with Crippen molar-refractivity contribution in [2.45, 2.75) is 13.8 Å². The summed E-state index contributed by atoms with van der Waals surface area (Å²) in [6.45, 7) is 4.35. The van der Waals surface area contributed by atoms with Gasteiger partial charge in [0.05, 0.1) is 5.69 Å². The number of hydrogen-bond acceptors (Lipinski definition) is 3. The molecular weight excluding hydrogens is 693 g/mol. The van der Waals surface area contributed by atoms with E-state index >= 15 is 0 Å². The SMILES string of the molecule is Cc1ccccc1N(c1ccc(-c2ccccc2)cc1)c1ccc2c(c1)oc1cc(N(c3ccc(-c4ccccc4)cc3)c3ccccc3C)c3ccccc3c12. The first kappa shape index (κ1) is 34.2. The third-order valence-electron chi connectivity index (χ3n) is 11.1. The van der Waals surface area contributed by atoms with Gasteiger partial charge in [-0.25, -0.2) is 0 Å². The molecule has 10 rings (SSSR count). The zero-order valence-electron chi connectivity index (χ0n) is 31.9. The van der Waals surface area contributed by atoms with Crippen molar-refractivity contribution in [3.05, 3.63) is 217 Å². The Labute approximate surface area is 333 Å². The summed E-state index contributed by atoms with van der Waals surface area (Å²) < 4.78 is 6.95. The van der Waals surface area contributed by atoms with Gasteiger partial charge in [0, 0.05) is 56.7 Å². The van der Waals surface area contributed by atoms with Gasteiger partial charge in [-0.1, -0.05) is 146 Å². The Hall–Kier alpha value is -7.36. The summed E-state index contributed by atoms with van der Waals surface area (Å²) in [5.41, 5.74) is 15.4. The first-order valence-corrected chi connectivity index (χ1v) is 19.5. The van der Waals surface area contributed by atoms with Crippen molar-refractivity contribution in [2.24, 2.45) is 0 Å². The van der Waals surface area contributed by atoms with E-state index in [0.717, 1.165) is 66.8 Å². The van der Waals surface area contributed by atoms with Gasteiger partial charge in [0.1, 0.15) is 11.2 Å². The normalized spacial score (nSPS) is 11.3. The molecule has 0 aliphatic rings. The highest BCUT2D eigenvalue weighted by Gasteiger charge is 2.23. The second-order valence-electron chi connectivity index (χ2n) is 14.7. The third-order valence-corrected chi connectivity index (χ3v) is 11.1. The Kier molecular flexibility index (Phi) is 8.61. The molecule has 3 nitrogen and oxygen atoms in total. The second kappa shape index (κ2) is 14.4. The number of hydrogen-bond donors (Lipinski definition) is 0. The lowest BCUT2D eigenvalue weighted by molar-refractivity contribution is 0.669. The van der Waals surface area contributed by atoms with Crippen LogP contribution in [0.1, 0.15) is 11.1 Å². The van der Waals surface area contributed by atoms with Crippen molar-refractivity contribution in [1.82, 2.24) is 0 Å². The van der Waals surface area contributed by atoms with Gasteiger partial charge in [-0.2, -0.15) is 0 Å². The number of rotatable bonds is 8. The van der Waals surface area contributed by atoms with E-state index < -0.39 is 0 Å². The standard InChI is InChI=1S/C54H40N2O/c1-37-15-9-13-23-49(37)55(43-29-25-41(26-30-43)39-17-5-3-6-18-39)45-33-34-48-52(35-45)57-53-36-51(46-21-11-12-22-47(46)54(48)53)56(50-24-14-10-16-38(50)2)44-31-27-42(28-32-44)40-19-7-4-8-20-40/h3-36H,1-2H3. The van der Waals surface area contributed by atoms with E-state index in [4.69, 9.17) is 4.42 Å². The second-order valence-corrected chi connectivity index (χ2v) is 14.7. The number of benzene rings is 9. The van der Waals surface area contributed by atoms with Crippen LogP contribution in [0.3, 0.4) is 0 Å². The first-order valence-electron chi connectivity index (χ1n) is 19.5. The Balaban J connectivity index is 1.14. The van der Waals surface area contributed by atoms with E-state index in [1.165, 1.54) is 33.4 Å². The number of furan rings is 1. The Morgan fingerprint density at radius 1 is 0.316 bits per heavy atom. The first-order chi connectivity index (χ1) is 28.1. The highest BCUT2D eigenvalue weighted by molar-refractivity contribution is 6.22. The molecule has 3 heteroatoms. The smallest absolute Gasteiger partial charge is 0.138 e. The summed E-state index contributed by atoms with van der Waals surface area (Å²) >= 11 is 0. The van der Waals surface area contributed by atoms with Crippen molar-refractivity contribution in [2.75, 3.05) is 9.80 Å². The number of anilines is 6. The van der Waals surface area contributed by atoms with Crippen molar-refractivity contribution in [1.29, 1.82) is 0 Å². The average Bonchev–Trinajstić information content (AvgIpc) is 3.64. The van der Waals surface area contributed by atoms with Crippen LogP contribution in [-0.2, 0) is 0 Å². The molecule has 0 fully saturated rings. The van der Waals surface area contributed by atoms with Gasteiger partial charge in [0.2, 0.25) is 0 Å². The maximum absolute atomic E-state index is 6.95. The van der Waals surface area contributed by atoms with Gasteiger partial charge in [0.25, 0.3) is 0 Å². The van der Waals surface area contributed by atoms with E-state index in [-0.39, 0.29) is 0 Å². The Morgan fingerprint density at radius 2 is 0.772 bits per heavy atom. The average molecular weight is 733 g/mol. The fourth-order valence-electron chi connectivity index (χ4n) is 8.27. The minimum absolute atomic E-state index is 0.846. The summed E-state index contributed by atoms with van der Waals surface area (Å²) in [5, 5.41) is 4.53. The van der Waals surface area contributed by atoms with Gasteiger partial charge < -0.3 is 14.2 Å². The summed E-state index contributed by atoms with van der Waals surface area (Å²) in [4.78, 5) is 4.71. The third kappa shape index (κ3) is 6.20. The molecule has 0 unspecified atom stereocenters. The number of fused-ring (bicyclic) bond motifs is 5. The van der Waals surface area contributed by atoms with Gasteiger partial charge >= 0.3 is 0 Å². The van der Waals surface area contributed by atoms with Crippen molar-refractivity contribution in [3.8, 4) is 22.3 Å². The topological polar surface area (TPSA) is 19.6 Å². The van der Waals surface area contributed by atoms with Crippen LogP contribution in [0.5, 0.6) is 0 Å². The molecule has 57 heavy (non-hydrogen) atoms. The van der Waals surface area contributed by atoms with Crippen LogP contribution in [0.25, 0.3) is 55.0 Å². The maximum atomic E-state index is 6.95. The molecular formula is C54H40N2O. The molecule has 0 saturated carbocycles. The van der Waals surface area contributed by atoms with Crippen LogP contribution < -0.4 is 9.80 Å². The summed E-state index contributed by atoms with van der Waals surface area (Å²) in [6.07, 6.45) is 0. The van der Waals surface area contributed by atoms with Gasteiger partial charge in [-0.15, -0.1) is 0 Å². The molecule has 0 spiro atoms. The summed E-state index contributed by atoms with van der Waals surface area (Å²) in [6, 6.07) is 73.6. The molecule has 0 amide bonds. The van der Waals surface area contributed by atoms with Crippen molar-refractivity contribution >= 4 is 66.8 Å². The van der Waals surface area contributed by atoms with E-state index in [9.17, 15) is 0 Å². The maximum Gasteiger partial charge on any atom is 0.138 e. The quantitative estimate of drug-likeness (QED) is 0.155. The van der Waals surface area contributed by atoms with E-state index in [1.807, 2.05) is 0 Å². The highest BCUT2D eigenvalue weighted by Crippen LogP contribution is 2.47. The molecule has 1 aromatic heterocycles. The zero-order valence-corrected chi connectivity index (χ0v) is 31.9. The Morgan fingerprint density at radius 3 is 1.35 bits per heavy atom. The largest absolute Gasteiger partial charge is 0.456 e. The van der Waals surface area contributed by atoms with Crippen LogP contribution in [0.15, 0.2) is 211 Å². The van der Waals surface area contributed by atoms with Crippen LogP contribution in [0, 0.1) is 13.8 Å². The lowest BCUT2D eigenvalue weighted by Crippen LogP contribution is -2.11. The molecule has 272 valence electrons. The van der Waals surface area contributed by atoms with Crippen LogP contribution in [-0.4, -0.2) is 0 Å². The monoisotopic (exact) mass is 732 g/mol. The van der Waals surface area contributed by atoms with Crippen molar-refractivity contribution in [3.63, 3.8) is 0 Å². The predicted octanol–water partition coefficient (Wildman–Crippen LogP) is 15.6. The summed E-state index contributed by atoms with van der Waals surface area (Å²) in [7, 11) is 0. The molecule has 10 aromatic rings. The zero-order chi connectivity index (χ0) is 38.3. The lowest BCUT2D eigenvalue weighted by atomic mass is 9.99. The van der Waals surface area contributed by atoms with Gasteiger partial charge in [-0.3, -0.25) is 0 Å². The molecule has 0 N–H and O–H groups in total. The lowest BCUT2D eigenvalue weighted by Gasteiger charge is -2.28. The van der Waals surface area contributed by atoms with E-state index in [2.05, 4.69) is 230 Å². The van der Waals surface area contributed by atoms with Gasteiger partial charge in [-0.05, 0) is 101 Å². The molecule has 1 heterocycles. The molecule has 0 atom stereocenters. The van der Waals surface area contributed by atoms with Crippen molar-refractivity contribution < 1.29 is 4.42 Å². The van der Waals surface area contributed by atoms with Gasteiger partial charge in [0.15, 0.2) is 0 Å². The highest BCUT2D eigenvalue weighted by atomic mass is 16.3. The number of para-hydroxylation sites is 2. The molecule has 9 aromatic carbocycles. The van der Waals surface area contributed by atoms with E-state index in [1.54, 1.807) is 0 Å². The minimum atomic E-state index is 0.846. The van der Waals surface area contributed by atoms with Crippen LogP contribution >= 0.6 is 0 Å². The van der Waals surface area contributed by atoms with E-state index in [0.29, 0.717) is 0 Å². The molecule has 0 aliphatic heterocycles. The fourth-order valence-corrected chi connectivity index (χ4v) is 8.27. The summed E-state index contributed by atoms with van der Waals surface area (Å²) in [5.74, 6) is 0. The number of aryl methyl sites for hydroxylation is 2. The van der Waals surface area contributed by atoms with Crippen LogP contribution in [0.4, 0.5) is 34.1 Å². The fraction of sp³-hybridized carbons (Fsp3) is 0.0370. The molecule has 0 radical (unpaired) electrons. The van der Waals surface area contributed by atoms with Crippen LogP contribution in [0.2, 0.25) is 0 Å².